The molecule has 0 unspecified atom stereocenters. The van der Waals surface area contributed by atoms with E-state index in [1.165, 1.54) is 39.9 Å². The van der Waals surface area contributed by atoms with Gasteiger partial charge in [0.15, 0.2) is 4.80 Å². The summed E-state index contributed by atoms with van der Waals surface area (Å²) in [5.41, 5.74) is 0.945. The van der Waals surface area contributed by atoms with Crippen molar-refractivity contribution in [3.63, 3.8) is 0 Å². The Hall–Kier alpha value is -2.53. The molecule has 0 N–H and O–H groups in total. The molecule has 1 aromatic heterocycles. The van der Waals surface area contributed by atoms with Gasteiger partial charge in [0, 0.05) is 23.7 Å². The molecule has 0 aliphatic rings. The van der Waals surface area contributed by atoms with Crippen molar-refractivity contribution in [2.24, 2.45) is 4.99 Å². The third kappa shape index (κ3) is 7.28. The number of benzene rings is 2. The second-order valence-electron chi connectivity index (χ2n) is 8.44. The first kappa shape index (κ1) is 29.0. The van der Waals surface area contributed by atoms with Crippen molar-refractivity contribution < 1.29 is 22.7 Å². The van der Waals surface area contributed by atoms with Crippen molar-refractivity contribution in [3.05, 3.63) is 57.9 Å². The zero-order chi connectivity index (χ0) is 27.0. The number of halogens is 1. The Bertz CT molecular complexity index is 1400. The molecule has 1 amide bonds. The third-order valence-corrected chi connectivity index (χ3v) is 8.88. The van der Waals surface area contributed by atoms with Crippen LogP contribution in [0, 0.1) is 0 Å². The van der Waals surface area contributed by atoms with Crippen molar-refractivity contribution in [3.8, 4) is 0 Å². The number of fused-ring (bicyclic) bond motifs is 1. The quantitative estimate of drug-likeness (QED) is 0.279. The average molecular weight is 566 g/mol. The zero-order valence-corrected chi connectivity index (χ0v) is 23.7. The molecule has 11 heteroatoms. The lowest BCUT2D eigenvalue weighted by Gasteiger charge is -2.22. The smallest absolute Gasteiger partial charge is 0.326 e. The lowest BCUT2D eigenvalue weighted by molar-refractivity contribution is -0.143. The molecule has 0 saturated heterocycles. The summed E-state index contributed by atoms with van der Waals surface area (Å²) < 4.78 is 35.4. The molecule has 0 aliphatic heterocycles. The van der Waals surface area contributed by atoms with Crippen LogP contribution in [0.2, 0.25) is 5.02 Å². The van der Waals surface area contributed by atoms with Crippen LogP contribution in [-0.2, 0) is 26.1 Å². The minimum Gasteiger partial charge on any atom is -0.465 e. The fraction of sp³-hybridized carbons (Fsp3) is 0.423. The van der Waals surface area contributed by atoms with E-state index in [4.69, 9.17) is 16.3 Å². The zero-order valence-electron chi connectivity index (χ0n) is 21.3. The van der Waals surface area contributed by atoms with Crippen molar-refractivity contribution in [2.75, 3.05) is 19.7 Å². The summed E-state index contributed by atoms with van der Waals surface area (Å²) in [6, 6.07) is 11.0. The van der Waals surface area contributed by atoms with Crippen LogP contribution in [0.4, 0.5) is 0 Å². The Morgan fingerprint density at radius 2 is 1.68 bits per heavy atom. The van der Waals surface area contributed by atoms with Gasteiger partial charge in [-0.3, -0.25) is 9.59 Å². The maximum absolute atomic E-state index is 13.2. The third-order valence-electron chi connectivity index (χ3n) is 5.70. The molecule has 1 heterocycles. The van der Waals surface area contributed by atoms with Crippen LogP contribution in [0.15, 0.2) is 52.4 Å². The molecule has 3 rings (SSSR count). The van der Waals surface area contributed by atoms with Gasteiger partial charge in [0.05, 0.1) is 21.7 Å². The Labute approximate surface area is 226 Å². The molecule has 2 aromatic carbocycles. The van der Waals surface area contributed by atoms with E-state index in [0.717, 1.165) is 30.4 Å². The van der Waals surface area contributed by atoms with E-state index in [1.807, 2.05) is 13.8 Å². The number of carbonyl (C=O) groups excluding carboxylic acids is 2. The van der Waals surface area contributed by atoms with Crippen LogP contribution in [0.3, 0.4) is 0 Å². The van der Waals surface area contributed by atoms with Gasteiger partial charge in [-0.25, -0.2) is 8.42 Å². The lowest BCUT2D eigenvalue weighted by Crippen LogP contribution is -2.33. The largest absolute Gasteiger partial charge is 0.465 e. The Morgan fingerprint density at radius 3 is 2.27 bits per heavy atom. The van der Waals surface area contributed by atoms with Gasteiger partial charge in [-0.1, -0.05) is 49.6 Å². The van der Waals surface area contributed by atoms with Crippen LogP contribution in [0.1, 0.15) is 56.8 Å². The van der Waals surface area contributed by atoms with Gasteiger partial charge in [0.25, 0.3) is 5.91 Å². The SMILES string of the molecule is CCCCN(CCCC)S(=O)(=O)c1ccc(C(=O)N=c2sc3cc(Cl)ccc3n2CC(=O)OCC)cc1. The minimum atomic E-state index is -3.67. The fourth-order valence-electron chi connectivity index (χ4n) is 3.71. The van der Waals surface area contributed by atoms with E-state index in [0.29, 0.717) is 28.4 Å². The van der Waals surface area contributed by atoms with Gasteiger partial charge in [-0.2, -0.15) is 9.30 Å². The Kier molecular flexibility index (Phi) is 10.5. The van der Waals surface area contributed by atoms with E-state index in [9.17, 15) is 18.0 Å². The number of carbonyl (C=O) groups is 2. The predicted octanol–water partition coefficient (Wildman–Crippen LogP) is 5.25. The van der Waals surface area contributed by atoms with Crippen LogP contribution >= 0.6 is 22.9 Å². The number of nitrogens with zero attached hydrogens (tertiary/aromatic N) is 3. The number of ether oxygens (including phenoxy) is 1. The highest BCUT2D eigenvalue weighted by molar-refractivity contribution is 7.89. The lowest BCUT2D eigenvalue weighted by atomic mass is 10.2. The molecular weight excluding hydrogens is 534 g/mol. The molecule has 8 nitrogen and oxygen atoms in total. The Morgan fingerprint density at radius 1 is 1.03 bits per heavy atom. The Balaban J connectivity index is 1.93. The van der Waals surface area contributed by atoms with E-state index < -0.39 is 21.9 Å². The minimum absolute atomic E-state index is 0.107. The van der Waals surface area contributed by atoms with Crippen LogP contribution in [0.25, 0.3) is 10.2 Å². The number of rotatable bonds is 12. The van der Waals surface area contributed by atoms with Crippen LogP contribution < -0.4 is 4.80 Å². The molecule has 3 aromatic rings. The number of amides is 1. The monoisotopic (exact) mass is 565 g/mol. The number of thiazole rings is 1. The van der Waals surface area contributed by atoms with Crippen molar-refractivity contribution in [1.29, 1.82) is 0 Å². The number of esters is 1. The fourth-order valence-corrected chi connectivity index (χ4v) is 6.53. The van der Waals surface area contributed by atoms with Crippen LogP contribution in [0.5, 0.6) is 0 Å². The van der Waals surface area contributed by atoms with Crippen molar-refractivity contribution in [1.82, 2.24) is 8.87 Å². The van der Waals surface area contributed by atoms with Gasteiger partial charge in [-0.15, -0.1) is 0 Å². The van der Waals surface area contributed by atoms with Crippen molar-refractivity contribution >= 4 is 55.1 Å². The van der Waals surface area contributed by atoms with Gasteiger partial charge < -0.3 is 9.30 Å². The summed E-state index contributed by atoms with van der Waals surface area (Å²) in [6.45, 7) is 6.83. The molecule has 200 valence electrons. The van der Waals surface area contributed by atoms with Crippen molar-refractivity contribution in [2.45, 2.75) is 57.9 Å². The first-order chi connectivity index (χ1) is 17.7. The maximum atomic E-state index is 13.2. The highest BCUT2D eigenvalue weighted by atomic mass is 35.5. The molecule has 37 heavy (non-hydrogen) atoms. The molecular formula is C26H32ClN3O5S2. The molecule has 0 aliphatic carbocycles. The number of unbranched alkanes of at least 4 members (excludes halogenated alkanes) is 2. The van der Waals surface area contributed by atoms with E-state index in [-0.39, 0.29) is 23.6 Å². The molecule has 0 atom stereocenters. The summed E-state index contributed by atoms with van der Waals surface area (Å²) in [6.07, 6.45) is 3.36. The van der Waals surface area contributed by atoms with E-state index in [2.05, 4.69) is 4.99 Å². The standard InChI is InChI=1S/C26H32ClN3O5S2/c1-4-7-15-29(16-8-5-2)37(33,34)21-12-9-19(10-13-21)25(32)28-26-30(18-24(31)35-6-3)22-14-11-20(27)17-23(22)36-26/h9-14,17H,4-8,15-16,18H2,1-3H3. The normalized spacial score (nSPS) is 12.4. The van der Waals surface area contributed by atoms with Gasteiger partial charge in [-0.05, 0) is 62.2 Å². The topological polar surface area (TPSA) is 98.0 Å². The summed E-state index contributed by atoms with van der Waals surface area (Å²) in [5.74, 6) is -0.996. The van der Waals surface area contributed by atoms with Gasteiger partial charge in [0.1, 0.15) is 6.54 Å². The maximum Gasteiger partial charge on any atom is 0.326 e. The number of hydrogen-bond donors (Lipinski definition) is 0. The predicted molar refractivity (Wildman–Crippen MR) is 146 cm³/mol. The number of hydrogen-bond acceptors (Lipinski definition) is 6. The van der Waals surface area contributed by atoms with E-state index in [1.54, 1.807) is 29.7 Å². The average Bonchev–Trinajstić information content (AvgIpc) is 3.19. The number of sulfonamides is 1. The summed E-state index contributed by atoms with van der Waals surface area (Å²) in [5, 5.41) is 0.527. The van der Waals surface area contributed by atoms with E-state index >= 15 is 0 Å². The molecule has 0 fully saturated rings. The van der Waals surface area contributed by atoms with Gasteiger partial charge in [0.2, 0.25) is 10.0 Å². The first-order valence-corrected chi connectivity index (χ1v) is 15.0. The molecule has 0 saturated carbocycles. The highest BCUT2D eigenvalue weighted by Crippen LogP contribution is 2.23. The summed E-state index contributed by atoms with van der Waals surface area (Å²) in [7, 11) is -3.67. The van der Waals surface area contributed by atoms with Gasteiger partial charge >= 0.3 is 5.97 Å². The molecule has 0 bridgehead atoms. The molecule has 0 radical (unpaired) electrons. The summed E-state index contributed by atoms with van der Waals surface area (Å²) >= 11 is 7.35. The first-order valence-electron chi connectivity index (χ1n) is 12.3. The second kappa shape index (κ2) is 13.3. The highest BCUT2D eigenvalue weighted by Gasteiger charge is 2.24. The molecule has 0 spiro atoms. The second-order valence-corrected chi connectivity index (χ2v) is 11.8. The number of aromatic nitrogens is 1. The summed E-state index contributed by atoms with van der Waals surface area (Å²) in [4.78, 5) is 29.9. The van der Waals surface area contributed by atoms with Crippen LogP contribution in [-0.4, -0.2) is 48.9 Å².